The van der Waals surface area contributed by atoms with Gasteiger partial charge in [-0.15, -0.1) is 0 Å². The van der Waals surface area contributed by atoms with Gasteiger partial charge in [0.2, 0.25) is 0 Å². The Hall–Kier alpha value is -1.35. The minimum absolute atomic E-state index is 0.0459. The van der Waals surface area contributed by atoms with Crippen molar-refractivity contribution in [3.8, 4) is 5.75 Å². The Labute approximate surface area is 96.6 Å². The van der Waals surface area contributed by atoms with Gasteiger partial charge >= 0.3 is 0 Å². The fraction of sp³-hybridized carbons (Fsp3) is 0.462. The first kappa shape index (κ1) is 12.7. The molecule has 1 aromatic rings. The van der Waals surface area contributed by atoms with E-state index in [-0.39, 0.29) is 5.78 Å². The lowest BCUT2D eigenvalue weighted by molar-refractivity contribution is 0.0968. The molecule has 0 saturated heterocycles. The molecule has 1 aromatic carbocycles. The van der Waals surface area contributed by atoms with Crippen LogP contribution in [0.4, 0.5) is 0 Å². The molecule has 1 unspecified atom stereocenters. The van der Waals surface area contributed by atoms with Crippen LogP contribution in [-0.4, -0.2) is 18.4 Å². The summed E-state index contributed by atoms with van der Waals surface area (Å²) in [5.41, 5.74) is 6.15. The van der Waals surface area contributed by atoms with Crippen LogP contribution in [-0.2, 0) is 0 Å². The maximum atomic E-state index is 11.6. The SMILES string of the molecule is CC(C)COc1ccc(C(=O)C(C)N)cc1. The third kappa shape index (κ3) is 3.66. The van der Waals surface area contributed by atoms with E-state index in [4.69, 9.17) is 10.5 Å². The molecule has 3 nitrogen and oxygen atoms in total. The number of hydrogen-bond acceptors (Lipinski definition) is 3. The predicted molar refractivity (Wildman–Crippen MR) is 64.8 cm³/mol. The minimum Gasteiger partial charge on any atom is -0.493 e. The second-order valence-corrected chi connectivity index (χ2v) is 4.38. The Kier molecular flexibility index (Phi) is 4.50. The van der Waals surface area contributed by atoms with Gasteiger partial charge in [-0.25, -0.2) is 0 Å². The molecule has 0 aliphatic heterocycles. The Bertz CT molecular complexity index is 341. The Morgan fingerprint density at radius 1 is 1.25 bits per heavy atom. The molecule has 3 heteroatoms. The van der Waals surface area contributed by atoms with Crippen LogP contribution in [0.3, 0.4) is 0 Å². The van der Waals surface area contributed by atoms with Gasteiger partial charge < -0.3 is 10.5 Å². The average molecular weight is 221 g/mol. The van der Waals surface area contributed by atoms with E-state index >= 15 is 0 Å². The van der Waals surface area contributed by atoms with E-state index in [1.807, 2.05) is 0 Å². The van der Waals surface area contributed by atoms with Crippen LogP contribution in [0, 0.1) is 5.92 Å². The Balaban J connectivity index is 2.64. The second kappa shape index (κ2) is 5.66. The summed E-state index contributed by atoms with van der Waals surface area (Å²) in [6.07, 6.45) is 0. The molecule has 0 spiro atoms. The number of rotatable bonds is 5. The number of ether oxygens (including phenoxy) is 1. The van der Waals surface area contributed by atoms with Crippen LogP contribution >= 0.6 is 0 Å². The van der Waals surface area contributed by atoms with Gasteiger partial charge in [0.05, 0.1) is 12.6 Å². The van der Waals surface area contributed by atoms with Gasteiger partial charge in [-0.2, -0.15) is 0 Å². The highest BCUT2D eigenvalue weighted by molar-refractivity contribution is 5.99. The highest BCUT2D eigenvalue weighted by atomic mass is 16.5. The van der Waals surface area contributed by atoms with Crippen LogP contribution in [0.2, 0.25) is 0 Å². The van der Waals surface area contributed by atoms with Gasteiger partial charge in [-0.1, -0.05) is 13.8 Å². The first-order valence-electron chi connectivity index (χ1n) is 5.53. The largest absolute Gasteiger partial charge is 0.493 e. The maximum Gasteiger partial charge on any atom is 0.179 e. The zero-order valence-electron chi connectivity index (χ0n) is 10.1. The molecular formula is C13H19NO2. The summed E-state index contributed by atoms with van der Waals surface area (Å²) in [7, 11) is 0. The van der Waals surface area contributed by atoms with Crippen molar-refractivity contribution in [3.63, 3.8) is 0 Å². The number of Topliss-reactive ketones (excluding diaryl/α,β-unsaturated/α-hetero) is 1. The van der Waals surface area contributed by atoms with Crippen molar-refractivity contribution in [3.05, 3.63) is 29.8 Å². The van der Waals surface area contributed by atoms with Gasteiger partial charge in [-0.3, -0.25) is 4.79 Å². The number of hydrogen-bond donors (Lipinski definition) is 1. The standard InChI is InChI=1S/C13H19NO2/c1-9(2)8-16-12-6-4-11(5-7-12)13(15)10(3)14/h4-7,9-10H,8,14H2,1-3H3. The summed E-state index contributed by atoms with van der Waals surface area (Å²) in [5, 5.41) is 0. The molecule has 16 heavy (non-hydrogen) atoms. The quantitative estimate of drug-likeness (QED) is 0.776. The van der Waals surface area contributed by atoms with Gasteiger partial charge in [0.15, 0.2) is 5.78 Å². The fourth-order valence-corrected chi connectivity index (χ4v) is 1.24. The van der Waals surface area contributed by atoms with Gasteiger partial charge in [0.25, 0.3) is 0 Å². The molecule has 0 bridgehead atoms. The third-order valence-corrected chi connectivity index (χ3v) is 2.14. The van der Waals surface area contributed by atoms with Crippen molar-refractivity contribution < 1.29 is 9.53 Å². The van der Waals surface area contributed by atoms with Crippen molar-refractivity contribution in [1.82, 2.24) is 0 Å². The summed E-state index contributed by atoms with van der Waals surface area (Å²) in [6.45, 7) is 6.55. The lowest BCUT2D eigenvalue weighted by Crippen LogP contribution is -2.26. The number of benzene rings is 1. The molecule has 0 saturated carbocycles. The summed E-state index contributed by atoms with van der Waals surface area (Å²) >= 11 is 0. The van der Waals surface area contributed by atoms with Gasteiger partial charge in [0.1, 0.15) is 5.75 Å². The van der Waals surface area contributed by atoms with E-state index in [0.717, 1.165) is 5.75 Å². The summed E-state index contributed by atoms with van der Waals surface area (Å²) in [4.78, 5) is 11.6. The molecule has 0 fully saturated rings. The molecule has 0 amide bonds. The third-order valence-electron chi connectivity index (χ3n) is 2.14. The summed E-state index contributed by atoms with van der Waals surface area (Å²) in [6, 6.07) is 6.65. The van der Waals surface area contributed by atoms with Crippen LogP contribution in [0.15, 0.2) is 24.3 Å². The average Bonchev–Trinajstić information content (AvgIpc) is 2.26. The second-order valence-electron chi connectivity index (χ2n) is 4.38. The summed E-state index contributed by atoms with van der Waals surface area (Å²) in [5.74, 6) is 1.23. The van der Waals surface area contributed by atoms with Crippen LogP contribution in [0.25, 0.3) is 0 Å². The van der Waals surface area contributed by atoms with Crippen molar-refractivity contribution in [1.29, 1.82) is 0 Å². The van der Waals surface area contributed by atoms with E-state index in [9.17, 15) is 4.79 Å². The van der Waals surface area contributed by atoms with Crippen LogP contribution < -0.4 is 10.5 Å². The summed E-state index contributed by atoms with van der Waals surface area (Å²) < 4.78 is 5.52. The van der Waals surface area contributed by atoms with Gasteiger partial charge in [-0.05, 0) is 37.1 Å². The molecule has 88 valence electrons. The minimum atomic E-state index is -0.456. The molecular weight excluding hydrogens is 202 g/mol. The zero-order chi connectivity index (χ0) is 12.1. The van der Waals surface area contributed by atoms with Crippen LogP contribution in [0.1, 0.15) is 31.1 Å². The molecule has 0 heterocycles. The molecule has 0 aliphatic rings. The van der Waals surface area contributed by atoms with Crippen molar-refractivity contribution in [2.45, 2.75) is 26.8 Å². The lowest BCUT2D eigenvalue weighted by Gasteiger charge is -2.09. The van der Waals surface area contributed by atoms with E-state index in [1.54, 1.807) is 31.2 Å². The number of carbonyl (C=O) groups is 1. The van der Waals surface area contributed by atoms with Gasteiger partial charge in [0, 0.05) is 5.56 Å². The van der Waals surface area contributed by atoms with Crippen LogP contribution in [0.5, 0.6) is 5.75 Å². The smallest absolute Gasteiger partial charge is 0.179 e. The zero-order valence-corrected chi connectivity index (χ0v) is 10.1. The fourth-order valence-electron chi connectivity index (χ4n) is 1.24. The highest BCUT2D eigenvalue weighted by Gasteiger charge is 2.10. The van der Waals surface area contributed by atoms with Crippen molar-refractivity contribution >= 4 is 5.78 Å². The molecule has 1 atom stereocenters. The molecule has 2 N–H and O–H groups in total. The van der Waals surface area contributed by atoms with E-state index in [2.05, 4.69) is 13.8 Å². The molecule has 0 radical (unpaired) electrons. The molecule has 1 rings (SSSR count). The molecule has 0 aromatic heterocycles. The Morgan fingerprint density at radius 2 is 1.81 bits per heavy atom. The number of ketones is 1. The lowest BCUT2D eigenvalue weighted by atomic mass is 10.1. The number of carbonyl (C=O) groups excluding carboxylic acids is 1. The topological polar surface area (TPSA) is 52.3 Å². The van der Waals surface area contributed by atoms with E-state index < -0.39 is 6.04 Å². The van der Waals surface area contributed by atoms with Crippen molar-refractivity contribution in [2.24, 2.45) is 11.7 Å². The Morgan fingerprint density at radius 3 is 2.25 bits per heavy atom. The van der Waals surface area contributed by atoms with E-state index in [1.165, 1.54) is 0 Å². The highest BCUT2D eigenvalue weighted by Crippen LogP contribution is 2.14. The van der Waals surface area contributed by atoms with Crippen molar-refractivity contribution in [2.75, 3.05) is 6.61 Å². The monoisotopic (exact) mass is 221 g/mol. The first-order valence-corrected chi connectivity index (χ1v) is 5.53. The van der Waals surface area contributed by atoms with E-state index in [0.29, 0.717) is 18.1 Å². The first-order chi connectivity index (χ1) is 7.50. The molecule has 0 aliphatic carbocycles. The maximum absolute atomic E-state index is 11.6. The number of nitrogens with two attached hydrogens (primary N) is 1. The normalized spacial score (nSPS) is 12.6. The predicted octanol–water partition coefficient (Wildman–Crippen LogP) is 2.25.